The number of nitrogens with zero attached hydrogens (tertiary/aromatic N) is 4. The average molecular weight is 393 g/mol. The molecule has 2 aromatic rings. The summed E-state index contributed by atoms with van der Waals surface area (Å²) in [5, 5.41) is 9.31. The Balaban J connectivity index is 1.56. The number of hydrogen-bond acceptors (Lipinski definition) is 8. The first-order valence-electron chi connectivity index (χ1n) is 8.93. The fraction of sp³-hybridized carbons (Fsp3) is 0.500. The Hall–Kier alpha value is -1.80. The van der Waals surface area contributed by atoms with Crippen LogP contribution in [0.1, 0.15) is 20.3 Å². The van der Waals surface area contributed by atoms with Crippen LogP contribution in [0.2, 0.25) is 0 Å². The van der Waals surface area contributed by atoms with E-state index in [9.17, 15) is 4.79 Å². The van der Waals surface area contributed by atoms with Crippen molar-refractivity contribution in [2.24, 2.45) is 0 Å². The zero-order chi connectivity index (χ0) is 18.4. The second-order valence-corrected chi connectivity index (χ2v) is 8.33. The van der Waals surface area contributed by atoms with Crippen molar-refractivity contribution in [3.8, 4) is 0 Å². The first-order valence-corrected chi connectivity index (χ1v) is 10.6. The number of benzene rings is 1. The normalized spacial score (nSPS) is 15.8. The van der Waals surface area contributed by atoms with E-state index < -0.39 is 0 Å². The van der Waals surface area contributed by atoms with Crippen molar-refractivity contribution < 1.29 is 9.53 Å². The lowest BCUT2D eigenvalue weighted by atomic mass is 10.2. The lowest BCUT2D eigenvalue weighted by molar-refractivity contribution is -0.142. The molecule has 1 saturated heterocycles. The Morgan fingerprint density at radius 2 is 1.85 bits per heavy atom. The smallest absolute Gasteiger partial charge is 0.319 e. The zero-order valence-electron chi connectivity index (χ0n) is 15.1. The van der Waals surface area contributed by atoms with Gasteiger partial charge in [-0.15, -0.1) is 10.2 Å². The molecule has 0 saturated carbocycles. The van der Waals surface area contributed by atoms with Gasteiger partial charge in [0.2, 0.25) is 5.13 Å². The van der Waals surface area contributed by atoms with Gasteiger partial charge in [-0.25, -0.2) is 0 Å². The molecule has 1 aliphatic rings. The first kappa shape index (κ1) is 19.0. The molecule has 140 valence electrons. The average Bonchev–Trinajstić information content (AvgIpc) is 3.16. The van der Waals surface area contributed by atoms with Crippen molar-refractivity contribution in [3.05, 3.63) is 30.3 Å². The van der Waals surface area contributed by atoms with Gasteiger partial charge < -0.3 is 14.5 Å². The lowest BCUT2D eigenvalue weighted by Gasteiger charge is -2.35. The molecule has 0 bridgehead atoms. The van der Waals surface area contributed by atoms with E-state index in [1.807, 2.05) is 19.9 Å². The molecule has 0 spiro atoms. The summed E-state index contributed by atoms with van der Waals surface area (Å²) in [6, 6.07) is 10.5. The summed E-state index contributed by atoms with van der Waals surface area (Å²) in [6.07, 6.45) is 0.716. The van der Waals surface area contributed by atoms with Gasteiger partial charge in [0.1, 0.15) is 5.25 Å². The van der Waals surface area contributed by atoms with Crippen LogP contribution in [0, 0.1) is 0 Å². The Kier molecular flexibility index (Phi) is 6.73. The van der Waals surface area contributed by atoms with Crippen LogP contribution in [-0.4, -0.2) is 54.2 Å². The molecule has 6 nitrogen and oxygen atoms in total. The van der Waals surface area contributed by atoms with Gasteiger partial charge in [-0.05, 0) is 25.5 Å². The first-order chi connectivity index (χ1) is 12.7. The Morgan fingerprint density at radius 3 is 2.50 bits per heavy atom. The topological polar surface area (TPSA) is 58.6 Å². The number of piperazine rings is 1. The number of thioether (sulfide) groups is 1. The third-order valence-corrected chi connectivity index (χ3v) is 6.64. The molecule has 0 N–H and O–H groups in total. The Labute approximate surface area is 162 Å². The van der Waals surface area contributed by atoms with Gasteiger partial charge in [-0.3, -0.25) is 4.79 Å². The van der Waals surface area contributed by atoms with Crippen LogP contribution in [0.15, 0.2) is 34.7 Å². The van der Waals surface area contributed by atoms with E-state index in [-0.39, 0.29) is 11.2 Å². The minimum absolute atomic E-state index is 0.173. The van der Waals surface area contributed by atoms with Gasteiger partial charge in [-0.2, -0.15) is 0 Å². The number of rotatable bonds is 7. The molecule has 0 radical (unpaired) electrons. The number of carbonyl (C=O) groups is 1. The molecular weight excluding hydrogens is 368 g/mol. The van der Waals surface area contributed by atoms with Crippen LogP contribution in [0.3, 0.4) is 0 Å². The van der Waals surface area contributed by atoms with Gasteiger partial charge in [0, 0.05) is 31.9 Å². The number of carbonyl (C=O) groups excluding carboxylic acids is 1. The summed E-state index contributed by atoms with van der Waals surface area (Å²) in [6.45, 7) is 7.99. The van der Waals surface area contributed by atoms with Gasteiger partial charge >= 0.3 is 5.97 Å². The van der Waals surface area contributed by atoms with Crippen molar-refractivity contribution in [2.75, 3.05) is 42.6 Å². The number of esters is 1. The van der Waals surface area contributed by atoms with Crippen LogP contribution < -0.4 is 9.80 Å². The minimum Gasteiger partial charge on any atom is -0.465 e. The van der Waals surface area contributed by atoms with Crippen molar-refractivity contribution in [2.45, 2.75) is 29.9 Å². The second-order valence-electron chi connectivity index (χ2n) is 5.93. The molecule has 0 amide bonds. The van der Waals surface area contributed by atoms with E-state index >= 15 is 0 Å². The largest absolute Gasteiger partial charge is 0.465 e. The van der Waals surface area contributed by atoms with E-state index in [2.05, 4.69) is 44.3 Å². The predicted octanol–water partition coefficient (Wildman–Crippen LogP) is 3.30. The van der Waals surface area contributed by atoms with Crippen molar-refractivity contribution in [3.63, 3.8) is 0 Å². The van der Waals surface area contributed by atoms with E-state index in [1.54, 1.807) is 11.3 Å². The molecule has 1 aromatic carbocycles. The highest BCUT2D eigenvalue weighted by atomic mass is 32.2. The standard InChI is InChI=1S/C18H24N4O2S2/c1-3-15(16(23)24-4-2)25-18-20-19-17(26-18)22-12-10-21(11-13-22)14-8-6-5-7-9-14/h5-9,15H,3-4,10-13H2,1-2H3. The number of para-hydroxylation sites is 1. The maximum atomic E-state index is 12.0. The zero-order valence-corrected chi connectivity index (χ0v) is 16.8. The van der Waals surface area contributed by atoms with Crippen LogP contribution in [0.4, 0.5) is 10.8 Å². The van der Waals surface area contributed by atoms with Crippen LogP contribution in [0.5, 0.6) is 0 Å². The summed E-state index contributed by atoms with van der Waals surface area (Å²) < 4.78 is 5.95. The monoisotopic (exact) mass is 392 g/mol. The summed E-state index contributed by atoms with van der Waals surface area (Å²) in [5.41, 5.74) is 1.26. The highest BCUT2D eigenvalue weighted by Crippen LogP contribution is 2.33. The van der Waals surface area contributed by atoms with E-state index in [0.717, 1.165) is 35.7 Å². The van der Waals surface area contributed by atoms with Crippen molar-refractivity contribution in [1.29, 1.82) is 0 Å². The fourth-order valence-electron chi connectivity index (χ4n) is 2.83. The van der Waals surface area contributed by atoms with Crippen LogP contribution in [-0.2, 0) is 9.53 Å². The summed E-state index contributed by atoms with van der Waals surface area (Å²) in [4.78, 5) is 16.6. The molecule has 1 atom stereocenters. The molecule has 26 heavy (non-hydrogen) atoms. The maximum Gasteiger partial charge on any atom is 0.319 e. The molecular formula is C18H24N4O2S2. The van der Waals surface area contributed by atoms with E-state index in [1.165, 1.54) is 17.4 Å². The number of hydrogen-bond donors (Lipinski definition) is 0. The Bertz CT molecular complexity index is 702. The van der Waals surface area contributed by atoms with Gasteiger partial charge in [0.05, 0.1) is 6.61 Å². The lowest BCUT2D eigenvalue weighted by Crippen LogP contribution is -2.46. The highest BCUT2D eigenvalue weighted by Gasteiger charge is 2.24. The van der Waals surface area contributed by atoms with Gasteiger partial charge in [0.25, 0.3) is 0 Å². The number of ether oxygens (including phenoxy) is 1. The fourth-order valence-corrected chi connectivity index (χ4v) is 4.89. The predicted molar refractivity (Wildman–Crippen MR) is 107 cm³/mol. The molecule has 0 aliphatic carbocycles. The summed E-state index contributed by atoms with van der Waals surface area (Å²) >= 11 is 3.01. The molecule has 1 fully saturated rings. The second kappa shape index (κ2) is 9.23. The van der Waals surface area contributed by atoms with Crippen molar-refractivity contribution in [1.82, 2.24) is 10.2 Å². The highest BCUT2D eigenvalue weighted by molar-refractivity contribution is 8.02. The maximum absolute atomic E-state index is 12.0. The summed E-state index contributed by atoms with van der Waals surface area (Å²) in [5.74, 6) is -0.173. The third kappa shape index (κ3) is 4.67. The van der Waals surface area contributed by atoms with Gasteiger partial charge in [0.15, 0.2) is 4.34 Å². The Morgan fingerprint density at radius 1 is 1.15 bits per heavy atom. The third-order valence-electron chi connectivity index (χ3n) is 4.23. The quantitative estimate of drug-likeness (QED) is 0.529. The van der Waals surface area contributed by atoms with Crippen molar-refractivity contribution >= 4 is 39.9 Å². The molecule has 3 rings (SSSR count). The molecule has 1 unspecified atom stereocenters. The molecule has 1 aliphatic heterocycles. The SMILES string of the molecule is CCOC(=O)C(CC)Sc1nnc(N2CCN(c3ccccc3)CC2)s1. The van der Waals surface area contributed by atoms with Crippen LogP contribution in [0.25, 0.3) is 0 Å². The van der Waals surface area contributed by atoms with Gasteiger partial charge in [-0.1, -0.05) is 48.2 Å². The minimum atomic E-state index is -0.217. The van der Waals surface area contributed by atoms with E-state index in [4.69, 9.17) is 4.74 Å². The summed E-state index contributed by atoms with van der Waals surface area (Å²) in [7, 11) is 0. The molecule has 1 aromatic heterocycles. The number of anilines is 2. The van der Waals surface area contributed by atoms with Crippen LogP contribution >= 0.6 is 23.1 Å². The van der Waals surface area contributed by atoms with E-state index in [0.29, 0.717) is 13.0 Å². The molecule has 8 heteroatoms. The molecule has 2 heterocycles. The number of aromatic nitrogens is 2.